The molecule has 0 aliphatic heterocycles. The van der Waals surface area contributed by atoms with Crippen LogP contribution in [0.25, 0.3) is 99.3 Å². The Kier molecular flexibility index (Phi) is 5.25. The van der Waals surface area contributed by atoms with Crippen LogP contribution in [0.2, 0.25) is 0 Å². The van der Waals surface area contributed by atoms with Crippen LogP contribution in [0.3, 0.4) is 0 Å². The van der Waals surface area contributed by atoms with E-state index in [2.05, 4.69) is 115 Å². The van der Waals surface area contributed by atoms with Crippen LogP contribution in [-0.2, 0) is 0 Å². The number of hydrogen-bond donors (Lipinski definition) is 0. The summed E-state index contributed by atoms with van der Waals surface area (Å²) in [4.78, 5) is 10.4. The number of para-hydroxylation sites is 4. The molecule has 214 valence electrons. The van der Waals surface area contributed by atoms with Gasteiger partial charge in [0.05, 0.1) is 22.4 Å². The molecule has 0 radical (unpaired) electrons. The Hall–Kier alpha value is -6.26. The van der Waals surface area contributed by atoms with Gasteiger partial charge in [0.25, 0.3) is 0 Å². The van der Waals surface area contributed by atoms with Gasteiger partial charge in [0.2, 0.25) is 0 Å². The van der Waals surface area contributed by atoms with Crippen LogP contribution in [0.1, 0.15) is 0 Å². The molecule has 0 bridgehead atoms. The molecule has 0 atom stereocenters. The zero-order valence-corrected chi connectivity index (χ0v) is 24.6. The summed E-state index contributed by atoms with van der Waals surface area (Å²) in [5.41, 5.74) is 11.3. The molecule has 0 N–H and O–H groups in total. The number of rotatable bonds is 3. The van der Waals surface area contributed by atoms with E-state index < -0.39 is 0 Å². The second-order valence-electron chi connectivity index (χ2n) is 11.7. The Morgan fingerprint density at radius 2 is 0.826 bits per heavy atom. The summed E-state index contributed by atoms with van der Waals surface area (Å²) in [6.45, 7) is 0. The van der Waals surface area contributed by atoms with Gasteiger partial charge in [-0.2, -0.15) is 0 Å². The highest BCUT2D eigenvalue weighted by Gasteiger charge is 2.15. The second-order valence-corrected chi connectivity index (χ2v) is 11.7. The van der Waals surface area contributed by atoms with E-state index in [0.717, 1.165) is 99.3 Å². The minimum Gasteiger partial charge on any atom is -0.455 e. The van der Waals surface area contributed by atoms with E-state index in [0.29, 0.717) is 0 Å². The molecule has 0 amide bonds. The van der Waals surface area contributed by atoms with Crippen molar-refractivity contribution in [3.8, 4) is 33.6 Å². The van der Waals surface area contributed by atoms with E-state index in [9.17, 15) is 0 Å². The number of fused-ring (bicyclic) bond motifs is 9. The van der Waals surface area contributed by atoms with Crippen LogP contribution in [0.15, 0.2) is 154 Å². The lowest BCUT2D eigenvalue weighted by atomic mass is 10.00. The first-order chi connectivity index (χ1) is 22.8. The number of furan rings is 2. The molecule has 4 heteroatoms. The van der Waals surface area contributed by atoms with E-state index in [1.54, 1.807) is 0 Å². The van der Waals surface area contributed by atoms with Crippen LogP contribution in [0.4, 0.5) is 0 Å². The zero-order valence-electron chi connectivity index (χ0n) is 24.6. The number of nitrogens with zero attached hydrogens (tertiary/aromatic N) is 2. The Balaban J connectivity index is 1.08. The van der Waals surface area contributed by atoms with Gasteiger partial charge < -0.3 is 8.83 Å². The Labute approximate surface area is 263 Å². The topological polar surface area (TPSA) is 52.1 Å². The van der Waals surface area contributed by atoms with Gasteiger partial charge in [0, 0.05) is 49.0 Å². The molecule has 0 aliphatic rings. The van der Waals surface area contributed by atoms with Crippen LogP contribution >= 0.6 is 0 Å². The van der Waals surface area contributed by atoms with E-state index >= 15 is 0 Å². The highest BCUT2D eigenvalue weighted by atomic mass is 16.3. The fourth-order valence-corrected chi connectivity index (χ4v) is 6.82. The minimum absolute atomic E-state index is 0.850. The third-order valence-electron chi connectivity index (χ3n) is 9.10. The molecular weight excluding hydrogens is 564 g/mol. The van der Waals surface area contributed by atoms with Crippen molar-refractivity contribution < 1.29 is 8.83 Å². The molecule has 4 nitrogen and oxygen atoms in total. The van der Waals surface area contributed by atoms with Crippen LogP contribution in [0, 0.1) is 0 Å². The fraction of sp³-hybridized carbons (Fsp3) is 0. The van der Waals surface area contributed by atoms with Gasteiger partial charge in [-0.25, -0.2) is 9.97 Å². The maximum Gasteiger partial charge on any atom is 0.144 e. The molecule has 0 unspecified atom stereocenters. The summed E-state index contributed by atoms with van der Waals surface area (Å²) in [5, 5.41) is 6.56. The Morgan fingerprint density at radius 3 is 1.48 bits per heavy atom. The van der Waals surface area contributed by atoms with Crippen molar-refractivity contribution in [2.75, 3.05) is 0 Å². The predicted molar refractivity (Wildman–Crippen MR) is 188 cm³/mol. The normalized spacial score (nSPS) is 11.9. The van der Waals surface area contributed by atoms with Gasteiger partial charge in [0.1, 0.15) is 22.3 Å². The van der Waals surface area contributed by atoms with E-state index in [4.69, 9.17) is 18.8 Å². The molecule has 0 saturated carbocycles. The summed E-state index contributed by atoms with van der Waals surface area (Å²) in [5.74, 6) is 0. The van der Waals surface area contributed by atoms with Crippen LogP contribution in [0.5, 0.6) is 0 Å². The lowest BCUT2D eigenvalue weighted by molar-refractivity contribution is 0.669. The summed E-state index contributed by atoms with van der Waals surface area (Å²) in [6.07, 6.45) is 0. The SMILES string of the molecule is c1ccc2c(c1)oc1c(-c3ccc(-c4ccc5ccc6ccc(-c7cccc8c7oc7ccccc78)nc6c5n4)cc3)cccc12. The highest BCUT2D eigenvalue weighted by molar-refractivity contribution is 6.11. The largest absolute Gasteiger partial charge is 0.455 e. The standard InChI is InChI=1S/C42H24N2O2/c1-3-13-37-30(7-1)32-10-5-9-29(41(32)45-37)25-15-17-26(18-16-25)35-23-21-27-19-20-28-22-24-36(44-40(28)39(27)43-35)34-12-6-11-33-31-8-2-4-14-38(31)46-42(33)34/h1-24H. The van der Waals surface area contributed by atoms with Crippen molar-refractivity contribution in [3.63, 3.8) is 0 Å². The summed E-state index contributed by atoms with van der Waals surface area (Å²) < 4.78 is 12.6. The van der Waals surface area contributed by atoms with E-state index in [-0.39, 0.29) is 0 Å². The third-order valence-corrected chi connectivity index (χ3v) is 9.10. The Bertz CT molecular complexity index is 2810. The average Bonchev–Trinajstić information content (AvgIpc) is 3.70. The van der Waals surface area contributed by atoms with Gasteiger partial charge in [-0.15, -0.1) is 0 Å². The summed E-state index contributed by atoms with van der Waals surface area (Å²) in [7, 11) is 0. The third kappa shape index (κ3) is 3.74. The number of hydrogen-bond acceptors (Lipinski definition) is 4. The van der Waals surface area contributed by atoms with Crippen LogP contribution < -0.4 is 0 Å². The number of pyridine rings is 2. The van der Waals surface area contributed by atoms with E-state index in [1.807, 2.05) is 30.3 Å². The molecular formula is C42H24N2O2. The van der Waals surface area contributed by atoms with Gasteiger partial charge in [-0.1, -0.05) is 115 Å². The molecule has 0 aliphatic carbocycles. The second kappa shape index (κ2) is 9.62. The van der Waals surface area contributed by atoms with Crippen LogP contribution in [-0.4, -0.2) is 9.97 Å². The van der Waals surface area contributed by atoms with Crippen molar-refractivity contribution >= 4 is 65.7 Å². The van der Waals surface area contributed by atoms with Crippen molar-refractivity contribution in [1.82, 2.24) is 9.97 Å². The molecule has 6 aromatic carbocycles. The molecule has 10 rings (SSSR count). The van der Waals surface area contributed by atoms with Crippen molar-refractivity contribution in [3.05, 3.63) is 146 Å². The highest BCUT2D eigenvalue weighted by Crippen LogP contribution is 2.38. The summed E-state index contributed by atoms with van der Waals surface area (Å²) >= 11 is 0. The average molecular weight is 589 g/mol. The first-order valence-corrected chi connectivity index (χ1v) is 15.4. The monoisotopic (exact) mass is 588 g/mol. The van der Waals surface area contributed by atoms with Crippen molar-refractivity contribution in [2.24, 2.45) is 0 Å². The predicted octanol–water partition coefficient (Wildman–Crippen LogP) is 11.6. The minimum atomic E-state index is 0.850. The quantitative estimate of drug-likeness (QED) is 0.193. The first kappa shape index (κ1) is 25.1. The zero-order chi connectivity index (χ0) is 30.2. The van der Waals surface area contributed by atoms with Gasteiger partial charge >= 0.3 is 0 Å². The molecule has 10 aromatic rings. The molecule has 0 saturated heterocycles. The fourth-order valence-electron chi connectivity index (χ4n) is 6.82. The van der Waals surface area contributed by atoms with E-state index in [1.165, 1.54) is 0 Å². The van der Waals surface area contributed by atoms with Crippen molar-refractivity contribution in [1.29, 1.82) is 0 Å². The molecule has 4 aromatic heterocycles. The Morgan fingerprint density at radius 1 is 0.348 bits per heavy atom. The number of aromatic nitrogens is 2. The summed E-state index contributed by atoms with van der Waals surface area (Å²) in [6, 6.07) is 50.2. The number of benzene rings is 6. The smallest absolute Gasteiger partial charge is 0.144 e. The molecule has 0 fully saturated rings. The van der Waals surface area contributed by atoms with Crippen molar-refractivity contribution in [2.45, 2.75) is 0 Å². The van der Waals surface area contributed by atoms with Gasteiger partial charge in [-0.05, 0) is 35.9 Å². The maximum atomic E-state index is 6.33. The lowest BCUT2D eigenvalue weighted by Crippen LogP contribution is -1.91. The van der Waals surface area contributed by atoms with Gasteiger partial charge in [-0.3, -0.25) is 0 Å². The molecule has 46 heavy (non-hydrogen) atoms. The molecule has 4 heterocycles. The maximum absolute atomic E-state index is 6.33. The van der Waals surface area contributed by atoms with Gasteiger partial charge in [0.15, 0.2) is 0 Å². The molecule has 0 spiro atoms. The lowest BCUT2D eigenvalue weighted by Gasteiger charge is -2.09. The first-order valence-electron chi connectivity index (χ1n) is 15.4.